The average Bonchev–Trinajstić information content (AvgIpc) is 3.07. The standard InChI is InChI=1S/C23H32BN3O4/c1-15(28)21-5-3-4-17-13-18(24(30)31-22(17)21)14-20(29)12-16-6-8-19(9-7-16)27-11-10-26(2)23(27)25/h3-5,16,18-19,25,30H,6-14H2,1-2H3/t16?,18-,19?/m1/s1. The number of hydrogen-bond donors (Lipinski definition) is 2. The Balaban J connectivity index is 1.28. The first-order chi connectivity index (χ1) is 14.8. The number of guanidine groups is 1. The number of fused-ring (bicyclic) bond motifs is 1. The van der Waals surface area contributed by atoms with E-state index >= 15 is 0 Å². The topological polar surface area (TPSA) is 93.9 Å². The largest absolute Gasteiger partial charge is 0.535 e. The minimum Gasteiger partial charge on any atom is -0.535 e. The van der Waals surface area contributed by atoms with E-state index in [0.717, 1.165) is 44.3 Å². The molecule has 3 aliphatic rings. The fourth-order valence-corrected chi connectivity index (χ4v) is 5.34. The summed E-state index contributed by atoms with van der Waals surface area (Å²) in [5.74, 6) is 1.28. The maximum absolute atomic E-state index is 12.8. The molecule has 0 radical (unpaired) electrons. The van der Waals surface area contributed by atoms with Crippen LogP contribution in [0.25, 0.3) is 0 Å². The van der Waals surface area contributed by atoms with Gasteiger partial charge in [0.2, 0.25) is 0 Å². The van der Waals surface area contributed by atoms with Crippen molar-refractivity contribution in [1.82, 2.24) is 9.80 Å². The van der Waals surface area contributed by atoms with Gasteiger partial charge in [0.15, 0.2) is 11.7 Å². The number of carbonyl (C=O) groups is 2. The predicted octanol–water partition coefficient (Wildman–Crippen LogP) is 2.77. The van der Waals surface area contributed by atoms with E-state index in [4.69, 9.17) is 10.1 Å². The third kappa shape index (κ3) is 4.64. The van der Waals surface area contributed by atoms with Crippen molar-refractivity contribution in [3.8, 4) is 5.75 Å². The van der Waals surface area contributed by atoms with Crippen LogP contribution in [0.2, 0.25) is 5.82 Å². The molecule has 0 amide bonds. The second-order valence-electron chi connectivity index (χ2n) is 9.38. The summed E-state index contributed by atoms with van der Waals surface area (Å²) >= 11 is 0. The Hall–Kier alpha value is -2.35. The number of ketones is 2. The van der Waals surface area contributed by atoms with Gasteiger partial charge in [-0.1, -0.05) is 12.1 Å². The van der Waals surface area contributed by atoms with Crippen molar-refractivity contribution in [3.63, 3.8) is 0 Å². The van der Waals surface area contributed by atoms with Crippen molar-refractivity contribution in [1.29, 1.82) is 5.41 Å². The van der Waals surface area contributed by atoms with E-state index in [9.17, 15) is 14.6 Å². The number of hydrogen-bond acceptors (Lipinski definition) is 5. The number of likely N-dealkylation sites (N-methyl/N-ethyl adjacent to an activating group) is 1. The highest BCUT2D eigenvalue weighted by molar-refractivity contribution is 6.47. The van der Waals surface area contributed by atoms with Crippen LogP contribution < -0.4 is 4.65 Å². The Morgan fingerprint density at radius 3 is 2.58 bits per heavy atom. The minimum absolute atomic E-state index is 0.0927. The number of benzene rings is 1. The molecule has 1 saturated carbocycles. The number of nitrogens with zero attached hydrogens (tertiary/aromatic N) is 2. The summed E-state index contributed by atoms with van der Waals surface area (Å²) in [5, 5.41) is 18.7. The highest BCUT2D eigenvalue weighted by Crippen LogP contribution is 2.37. The number of rotatable bonds is 6. The van der Waals surface area contributed by atoms with Crippen molar-refractivity contribution in [2.75, 3.05) is 20.1 Å². The van der Waals surface area contributed by atoms with Gasteiger partial charge in [-0.25, -0.2) is 0 Å². The minimum atomic E-state index is -1.06. The molecule has 2 heterocycles. The molecule has 1 aliphatic carbocycles. The number of nitrogens with one attached hydrogen (secondary N) is 1. The van der Waals surface area contributed by atoms with E-state index in [1.54, 1.807) is 6.07 Å². The van der Waals surface area contributed by atoms with E-state index < -0.39 is 7.12 Å². The zero-order chi connectivity index (χ0) is 22.1. The highest BCUT2D eigenvalue weighted by Gasteiger charge is 2.38. The molecule has 0 bridgehead atoms. The van der Waals surface area contributed by atoms with Gasteiger partial charge in [-0.05, 0) is 56.6 Å². The molecule has 1 aromatic rings. The molecule has 7 nitrogen and oxygen atoms in total. The molecular formula is C23H32BN3O4. The van der Waals surface area contributed by atoms with Crippen molar-refractivity contribution in [2.45, 2.75) is 63.7 Å². The van der Waals surface area contributed by atoms with Crippen LogP contribution in [0.1, 0.15) is 61.4 Å². The van der Waals surface area contributed by atoms with Crippen LogP contribution in [0.5, 0.6) is 5.75 Å². The molecule has 0 unspecified atom stereocenters. The van der Waals surface area contributed by atoms with Gasteiger partial charge in [0, 0.05) is 44.8 Å². The van der Waals surface area contributed by atoms with E-state index in [1.165, 1.54) is 6.92 Å². The Morgan fingerprint density at radius 2 is 1.94 bits per heavy atom. The van der Waals surface area contributed by atoms with Crippen LogP contribution in [0.15, 0.2) is 18.2 Å². The summed E-state index contributed by atoms with van der Waals surface area (Å²) < 4.78 is 5.67. The third-order valence-corrected chi connectivity index (χ3v) is 7.17. The fraction of sp³-hybridized carbons (Fsp3) is 0.609. The summed E-state index contributed by atoms with van der Waals surface area (Å²) in [6.07, 6.45) is 5.48. The molecule has 166 valence electrons. The first-order valence-corrected chi connectivity index (χ1v) is 11.4. The molecule has 1 aromatic carbocycles. The van der Waals surface area contributed by atoms with Crippen molar-refractivity contribution < 1.29 is 19.3 Å². The first kappa shape index (κ1) is 21.9. The van der Waals surface area contributed by atoms with Crippen LogP contribution in [0, 0.1) is 11.3 Å². The summed E-state index contributed by atoms with van der Waals surface area (Å²) in [6, 6.07) is 5.85. The van der Waals surface area contributed by atoms with E-state index in [0.29, 0.717) is 48.5 Å². The molecule has 1 saturated heterocycles. The lowest BCUT2D eigenvalue weighted by Crippen LogP contribution is -2.41. The van der Waals surface area contributed by atoms with Gasteiger partial charge in [-0.3, -0.25) is 15.0 Å². The molecule has 0 aromatic heterocycles. The smallest absolute Gasteiger partial charge is 0.526 e. The van der Waals surface area contributed by atoms with Crippen LogP contribution in [0.3, 0.4) is 0 Å². The summed E-state index contributed by atoms with van der Waals surface area (Å²) in [7, 11) is 0.904. The Bertz CT molecular complexity index is 868. The molecule has 2 N–H and O–H groups in total. The van der Waals surface area contributed by atoms with Crippen molar-refractivity contribution in [3.05, 3.63) is 29.3 Å². The van der Waals surface area contributed by atoms with Gasteiger partial charge in [0.25, 0.3) is 0 Å². The lowest BCUT2D eigenvalue weighted by Gasteiger charge is -2.35. The lowest BCUT2D eigenvalue weighted by molar-refractivity contribution is -0.120. The molecule has 8 heteroatoms. The van der Waals surface area contributed by atoms with Crippen LogP contribution >= 0.6 is 0 Å². The quantitative estimate of drug-likeness (QED) is 0.538. The number of Topliss-reactive ketones (excluding diaryl/α,β-unsaturated/α-hetero) is 2. The van der Waals surface area contributed by atoms with Gasteiger partial charge < -0.3 is 19.5 Å². The molecule has 2 aliphatic heterocycles. The second-order valence-corrected chi connectivity index (χ2v) is 9.38. The van der Waals surface area contributed by atoms with Gasteiger partial charge in [0.05, 0.1) is 5.56 Å². The molecule has 31 heavy (non-hydrogen) atoms. The van der Waals surface area contributed by atoms with Crippen molar-refractivity contribution >= 4 is 24.6 Å². The van der Waals surface area contributed by atoms with Gasteiger partial charge in [-0.2, -0.15) is 0 Å². The zero-order valence-corrected chi connectivity index (χ0v) is 18.5. The van der Waals surface area contributed by atoms with Crippen molar-refractivity contribution in [2.24, 2.45) is 5.92 Å². The van der Waals surface area contributed by atoms with E-state index in [-0.39, 0.29) is 17.4 Å². The SMILES string of the molecule is CC(=O)c1cccc2c1OB(O)[C@@H](CC(=O)CC1CCC(N3CCN(C)C3=N)CC1)C2. The van der Waals surface area contributed by atoms with E-state index in [2.05, 4.69) is 4.90 Å². The summed E-state index contributed by atoms with van der Waals surface area (Å²) in [5.41, 5.74) is 1.37. The summed E-state index contributed by atoms with van der Waals surface area (Å²) in [6.45, 7) is 3.33. The number of carbonyl (C=O) groups excluding carboxylic acids is 2. The Morgan fingerprint density at radius 1 is 1.19 bits per heavy atom. The second kappa shape index (κ2) is 9.03. The maximum atomic E-state index is 12.8. The summed E-state index contributed by atoms with van der Waals surface area (Å²) in [4.78, 5) is 28.8. The third-order valence-electron chi connectivity index (χ3n) is 7.17. The van der Waals surface area contributed by atoms with Gasteiger partial charge in [0.1, 0.15) is 11.5 Å². The zero-order valence-electron chi connectivity index (χ0n) is 18.5. The Labute approximate surface area is 184 Å². The normalized spacial score (nSPS) is 26.0. The molecule has 2 fully saturated rings. The van der Waals surface area contributed by atoms with Crippen LogP contribution in [-0.4, -0.2) is 65.6 Å². The molecular weight excluding hydrogens is 393 g/mol. The lowest BCUT2D eigenvalue weighted by atomic mass is 9.64. The van der Waals surface area contributed by atoms with Crippen LogP contribution in [-0.2, 0) is 11.2 Å². The maximum Gasteiger partial charge on any atom is 0.526 e. The first-order valence-electron chi connectivity index (χ1n) is 11.4. The average molecular weight is 425 g/mol. The number of para-hydroxylation sites is 1. The predicted molar refractivity (Wildman–Crippen MR) is 120 cm³/mol. The molecule has 1 atom stereocenters. The molecule has 0 spiro atoms. The highest BCUT2D eigenvalue weighted by atomic mass is 16.5. The van der Waals surface area contributed by atoms with E-state index in [1.807, 2.05) is 24.1 Å². The fourth-order valence-electron chi connectivity index (χ4n) is 5.34. The van der Waals surface area contributed by atoms with Gasteiger partial charge >= 0.3 is 7.12 Å². The monoisotopic (exact) mass is 425 g/mol. The van der Waals surface area contributed by atoms with Gasteiger partial charge in [-0.15, -0.1) is 0 Å². The van der Waals surface area contributed by atoms with Crippen LogP contribution in [0.4, 0.5) is 0 Å². The molecule has 4 rings (SSSR count). The Kier molecular flexibility index (Phi) is 6.37.